The molecule has 1 aliphatic rings. The molecule has 0 unspecified atom stereocenters. The molecule has 0 atom stereocenters. The van der Waals surface area contributed by atoms with Gasteiger partial charge in [0.1, 0.15) is 5.75 Å². The molecular weight excluding hydrogens is 316 g/mol. The topological polar surface area (TPSA) is 34.2 Å². The number of piperazine rings is 1. The molecule has 1 saturated heterocycles. The van der Waals surface area contributed by atoms with Gasteiger partial charge >= 0.3 is 0 Å². The van der Waals surface area contributed by atoms with Crippen molar-refractivity contribution >= 4 is 5.69 Å². The number of hydrogen-bond acceptors (Lipinski definition) is 5. The van der Waals surface area contributed by atoms with Gasteiger partial charge in [-0.1, -0.05) is 12.1 Å². The molecule has 0 amide bonds. The summed E-state index contributed by atoms with van der Waals surface area (Å²) in [6.45, 7) is 4.94. The van der Waals surface area contributed by atoms with E-state index in [-0.39, 0.29) is 0 Å². The summed E-state index contributed by atoms with van der Waals surface area (Å²) in [6, 6.07) is 14.3. The van der Waals surface area contributed by atoms with Crippen LogP contribution in [-0.2, 0) is 6.54 Å². The lowest BCUT2D eigenvalue weighted by Crippen LogP contribution is -2.46. The maximum absolute atomic E-state index is 5.55. The van der Waals surface area contributed by atoms with Crippen molar-refractivity contribution in [1.82, 2.24) is 4.90 Å². The summed E-state index contributed by atoms with van der Waals surface area (Å²) in [5.41, 5.74) is 2.42. The van der Waals surface area contributed by atoms with Crippen LogP contribution in [0.1, 0.15) is 5.56 Å². The average molecular weight is 342 g/mol. The molecule has 0 N–H and O–H groups in total. The van der Waals surface area contributed by atoms with Crippen molar-refractivity contribution in [1.29, 1.82) is 0 Å². The highest BCUT2D eigenvalue weighted by molar-refractivity contribution is 5.50. The van der Waals surface area contributed by atoms with Crippen LogP contribution in [0.25, 0.3) is 0 Å². The molecule has 5 heteroatoms. The molecule has 1 heterocycles. The Kier molecular flexibility index (Phi) is 5.66. The summed E-state index contributed by atoms with van der Waals surface area (Å²) in [7, 11) is 5.07. The van der Waals surface area contributed by atoms with Crippen LogP contribution >= 0.6 is 0 Å². The quantitative estimate of drug-likeness (QED) is 0.806. The lowest BCUT2D eigenvalue weighted by Gasteiger charge is -2.36. The Morgan fingerprint density at radius 3 is 2.12 bits per heavy atom. The maximum atomic E-state index is 5.55. The Morgan fingerprint density at radius 1 is 0.800 bits per heavy atom. The summed E-state index contributed by atoms with van der Waals surface area (Å²) in [5.74, 6) is 2.52. The first kappa shape index (κ1) is 17.4. The van der Waals surface area contributed by atoms with E-state index >= 15 is 0 Å². The largest absolute Gasteiger partial charge is 0.497 e. The first-order valence-corrected chi connectivity index (χ1v) is 8.56. The van der Waals surface area contributed by atoms with Crippen LogP contribution < -0.4 is 19.1 Å². The predicted molar refractivity (Wildman–Crippen MR) is 100 cm³/mol. The van der Waals surface area contributed by atoms with Crippen molar-refractivity contribution in [2.24, 2.45) is 0 Å². The molecule has 134 valence electrons. The Balaban J connectivity index is 1.61. The lowest BCUT2D eigenvalue weighted by molar-refractivity contribution is 0.244. The third kappa shape index (κ3) is 3.99. The minimum absolute atomic E-state index is 0.789. The second-order valence-electron chi connectivity index (χ2n) is 6.11. The first-order chi connectivity index (χ1) is 12.2. The summed E-state index contributed by atoms with van der Waals surface area (Å²) in [4.78, 5) is 4.87. The number of anilines is 1. The van der Waals surface area contributed by atoms with Crippen LogP contribution in [-0.4, -0.2) is 52.4 Å². The zero-order valence-corrected chi connectivity index (χ0v) is 15.2. The standard InChI is InChI=1S/C20H26N2O3/c1-23-18-9-7-17(8-10-18)22-13-11-21(12-14-22)15-16-5-4-6-19(24-2)20(16)25-3/h4-10H,11-15H2,1-3H3. The number of hydrogen-bond donors (Lipinski definition) is 0. The van der Waals surface area contributed by atoms with Crippen molar-refractivity contribution in [3.63, 3.8) is 0 Å². The number of benzene rings is 2. The fourth-order valence-corrected chi connectivity index (χ4v) is 3.28. The van der Waals surface area contributed by atoms with Crippen molar-refractivity contribution in [3.8, 4) is 17.2 Å². The predicted octanol–water partition coefficient (Wildman–Crippen LogP) is 3.03. The van der Waals surface area contributed by atoms with Gasteiger partial charge in [-0.25, -0.2) is 0 Å². The zero-order chi connectivity index (χ0) is 17.6. The molecule has 0 spiro atoms. The number of ether oxygens (including phenoxy) is 3. The third-order valence-electron chi connectivity index (χ3n) is 4.69. The van der Waals surface area contributed by atoms with E-state index in [1.807, 2.05) is 24.3 Å². The Labute approximate surface area is 149 Å². The smallest absolute Gasteiger partial charge is 0.165 e. The van der Waals surface area contributed by atoms with Gasteiger partial charge in [0.25, 0.3) is 0 Å². The van der Waals surface area contributed by atoms with E-state index < -0.39 is 0 Å². The van der Waals surface area contributed by atoms with E-state index in [0.717, 1.165) is 50.0 Å². The second-order valence-corrected chi connectivity index (χ2v) is 6.11. The molecule has 0 bridgehead atoms. The van der Waals surface area contributed by atoms with Gasteiger partial charge in [-0.05, 0) is 30.3 Å². The van der Waals surface area contributed by atoms with Crippen molar-refractivity contribution in [2.45, 2.75) is 6.54 Å². The van der Waals surface area contributed by atoms with E-state index in [2.05, 4.69) is 28.0 Å². The molecule has 0 aliphatic carbocycles. The second kappa shape index (κ2) is 8.12. The van der Waals surface area contributed by atoms with E-state index in [9.17, 15) is 0 Å². The van der Waals surface area contributed by atoms with Crippen LogP contribution in [0.15, 0.2) is 42.5 Å². The Bertz CT molecular complexity index is 680. The minimum Gasteiger partial charge on any atom is -0.497 e. The molecule has 0 aromatic heterocycles. The van der Waals surface area contributed by atoms with Gasteiger partial charge in [0, 0.05) is 44.0 Å². The van der Waals surface area contributed by atoms with Crippen molar-refractivity contribution < 1.29 is 14.2 Å². The molecule has 0 radical (unpaired) electrons. The van der Waals surface area contributed by atoms with E-state index in [1.54, 1.807) is 21.3 Å². The van der Waals surface area contributed by atoms with Gasteiger partial charge in [-0.3, -0.25) is 4.90 Å². The summed E-state index contributed by atoms with van der Waals surface area (Å²) in [6.07, 6.45) is 0. The SMILES string of the molecule is COc1ccc(N2CCN(Cc3cccc(OC)c3OC)CC2)cc1. The molecule has 25 heavy (non-hydrogen) atoms. The monoisotopic (exact) mass is 342 g/mol. The normalized spacial score (nSPS) is 15.1. The molecule has 0 saturated carbocycles. The fraction of sp³-hybridized carbons (Fsp3) is 0.400. The molecule has 1 fully saturated rings. The fourth-order valence-electron chi connectivity index (χ4n) is 3.28. The third-order valence-corrected chi connectivity index (χ3v) is 4.69. The summed E-state index contributed by atoms with van der Waals surface area (Å²) in [5, 5.41) is 0. The number of methoxy groups -OCH3 is 3. The Hall–Kier alpha value is -2.40. The van der Waals surface area contributed by atoms with Crippen molar-refractivity contribution in [2.75, 3.05) is 52.4 Å². The van der Waals surface area contributed by atoms with E-state index in [0.29, 0.717) is 0 Å². The summed E-state index contributed by atoms with van der Waals surface area (Å²) < 4.78 is 16.2. The molecule has 2 aromatic rings. The highest BCUT2D eigenvalue weighted by atomic mass is 16.5. The van der Waals surface area contributed by atoms with Crippen molar-refractivity contribution in [3.05, 3.63) is 48.0 Å². The van der Waals surface area contributed by atoms with Crippen LogP contribution in [0.4, 0.5) is 5.69 Å². The zero-order valence-electron chi connectivity index (χ0n) is 15.2. The maximum Gasteiger partial charge on any atom is 0.165 e. The van der Waals surface area contributed by atoms with Crippen LogP contribution in [0.5, 0.6) is 17.2 Å². The highest BCUT2D eigenvalue weighted by Crippen LogP contribution is 2.31. The molecule has 3 rings (SSSR count). The van der Waals surface area contributed by atoms with Crippen LogP contribution in [0, 0.1) is 0 Å². The number of nitrogens with zero attached hydrogens (tertiary/aromatic N) is 2. The van der Waals surface area contributed by atoms with Crippen LogP contribution in [0.2, 0.25) is 0 Å². The molecular formula is C20H26N2O3. The highest BCUT2D eigenvalue weighted by Gasteiger charge is 2.19. The molecule has 5 nitrogen and oxygen atoms in total. The van der Waals surface area contributed by atoms with Gasteiger partial charge in [0.2, 0.25) is 0 Å². The van der Waals surface area contributed by atoms with Gasteiger partial charge in [0.15, 0.2) is 11.5 Å². The molecule has 2 aromatic carbocycles. The van der Waals surface area contributed by atoms with Gasteiger partial charge in [0.05, 0.1) is 21.3 Å². The number of para-hydroxylation sites is 1. The molecule has 1 aliphatic heterocycles. The van der Waals surface area contributed by atoms with Gasteiger partial charge < -0.3 is 19.1 Å². The lowest BCUT2D eigenvalue weighted by atomic mass is 10.1. The summed E-state index contributed by atoms with van der Waals surface area (Å²) >= 11 is 0. The van der Waals surface area contributed by atoms with Gasteiger partial charge in [-0.15, -0.1) is 0 Å². The van der Waals surface area contributed by atoms with E-state index in [1.165, 1.54) is 11.3 Å². The number of rotatable bonds is 6. The van der Waals surface area contributed by atoms with Crippen LogP contribution in [0.3, 0.4) is 0 Å². The van der Waals surface area contributed by atoms with Gasteiger partial charge in [-0.2, -0.15) is 0 Å². The van der Waals surface area contributed by atoms with E-state index in [4.69, 9.17) is 14.2 Å². The Morgan fingerprint density at radius 2 is 1.52 bits per heavy atom. The minimum atomic E-state index is 0.789. The average Bonchev–Trinajstić information content (AvgIpc) is 2.68. The first-order valence-electron chi connectivity index (χ1n) is 8.56.